The van der Waals surface area contributed by atoms with E-state index in [4.69, 9.17) is 4.74 Å². The van der Waals surface area contributed by atoms with Gasteiger partial charge in [0.15, 0.2) is 0 Å². The minimum Gasteiger partial charge on any atom is -0.444 e. The van der Waals surface area contributed by atoms with Crippen molar-refractivity contribution in [3.05, 3.63) is 0 Å². The summed E-state index contributed by atoms with van der Waals surface area (Å²) in [5.74, 6) is -0.115. The molecule has 0 bridgehead atoms. The van der Waals surface area contributed by atoms with Crippen LogP contribution in [0, 0.1) is 0 Å². The largest absolute Gasteiger partial charge is 0.444 e. The average Bonchev–Trinajstić information content (AvgIpc) is 2.25. The number of nitrogens with one attached hydrogen (secondary N) is 1. The van der Waals surface area contributed by atoms with E-state index < -0.39 is 11.7 Å². The molecule has 2 amide bonds. The van der Waals surface area contributed by atoms with E-state index in [1.54, 1.807) is 7.05 Å². The highest BCUT2D eigenvalue weighted by atomic mass is 16.6. The zero-order chi connectivity index (χ0) is 13.1. The quantitative estimate of drug-likeness (QED) is 0.758. The molecule has 0 radical (unpaired) electrons. The zero-order valence-corrected chi connectivity index (χ0v) is 11.1. The monoisotopic (exact) mass is 242 g/mol. The lowest BCUT2D eigenvalue weighted by atomic mass is 10.0. The van der Waals surface area contributed by atoms with Crippen LogP contribution in [-0.4, -0.2) is 42.1 Å². The van der Waals surface area contributed by atoms with Gasteiger partial charge in [0.05, 0.1) is 0 Å². The summed E-state index contributed by atoms with van der Waals surface area (Å²) in [4.78, 5) is 25.2. The van der Waals surface area contributed by atoms with Crippen LogP contribution in [0.1, 0.15) is 40.0 Å². The number of hydrogen-bond donors (Lipinski definition) is 1. The predicted molar refractivity (Wildman–Crippen MR) is 64.6 cm³/mol. The van der Waals surface area contributed by atoms with Crippen molar-refractivity contribution in [1.82, 2.24) is 10.2 Å². The molecular weight excluding hydrogens is 220 g/mol. The van der Waals surface area contributed by atoms with Crippen LogP contribution in [0.3, 0.4) is 0 Å². The molecule has 1 fully saturated rings. The van der Waals surface area contributed by atoms with Gasteiger partial charge in [-0.25, -0.2) is 4.79 Å². The number of likely N-dealkylation sites (N-methyl/N-ethyl adjacent to an activating group) is 1. The van der Waals surface area contributed by atoms with Gasteiger partial charge in [0, 0.05) is 13.6 Å². The Morgan fingerprint density at radius 3 is 2.47 bits per heavy atom. The molecule has 1 aliphatic heterocycles. The van der Waals surface area contributed by atoms with E-state index in [9.17, 15) is 9.59 Å². The number of carbonyl (C=O) groups excluding carboxylic acids is 2. The Morgan fingerprint density at radius 1 is 1.29 bits per heavy atom. The first-order chi connectivity index (χ1) is 7.85. The van der Waals surface area contributed by atoms with E-state index in [2.05, 4.69) is 5.32 Å². The molecule has 5 heteroatoms. The molecule has 0 saturated carbocycles. The molecule has 1 heterocycles. The first kappa shape index (κ1) is 13.8. The van der Waals surface area contributed by atoms with E-state index in [1.165, 1.54) is 4.90 Å². The number of nitrogens with zero attached hydrogens (tertiary/aromatic N) is 1. The summed E-state index contributed by atoms with van der Waals surface area (Å²) in [6.07, 6.45) is 2.20. The van der Waals surface area contributed by atoms with Crippen LogP contribution < -0.4 is 5.32 Å². The van der Waals surface area contributed by atoms with Crippen molar-refractivity contribution < 1.29 is 14.3 Å². The first-order valence-corrected chi connectivity index (χ1v) is 6.06. The lowest BCUT2D eigenvalue weighted by molar-refractivity contribution is -0.127. The number of hydrogen-bond acceptors (Lipinski definition) is 3. The number of likely N-dealkylation sites (tertiary alicyclic amines) is 1. The van der Waals surface area contributed by atoms with Crippen LogP contribution in [0.2, 0.25) is 0 Å². The molecule has 1 unspecified atom stereocenters. The highest BCUT2D eigenvalue weighted by Crippen LogP contribution is 2.20. The fourth-order valence-electron chi connectivity index (χ4n) is 1.91. The van der Waals surface area contributed by atoms with E-state index in [-0.39, 0.29) is 11.9 Å². The van der Waals surface area contributed by atoms with Crippen molar-refractivity contribution in [3.63, 3.8) is 0 Å². The second-order valence-electron chi connectivity index (χ2n) is 5.30. The minimum atomic E-state index is -0.526. The van der Waals surface area contributed by atoms with Crippen LogP contribution >= 0.6 is 0 Å². The van der Waals surface area contributed by atoms with Crippen LogP contribution in [0.4, 0.5) is 4.79 Å². The van der Waals surface area contributed by atoms with Crippen molar-refractivity contribution in [2.75, 3.05) is 13.6 Å². The summed E-state index contributed by atoms with van der Waals surface area (Å²) in [6.45, 7) is 6.06. The summed E-state index contributed by atoms with van der Waals surface area (Å²) < 4.78 is 5.31. The third kappa shape index (κ3) is 3.91. The van der Waals surface area contributed by atoms with Crippen LogP contribution in [0.25, 0.3) is 0 Å². The molecule has 1 rings (SSSR count). The standard InChI is InChI=1S/C12H22N2O3/c1-12(2,3)17-11(16)14-8-6-5-7-9(14)10(15)13-4/h9H,5-8H2,1-4H3,(H,13,15). The fourth-order valence-corrected chi connectivity index (χ4v) is 1.91. The van der Waals surface area contributed by atoms with E-state index in [1.807, 2.05) is 20.8 Å². The molecular formula is C12H22N2O3. The summed E-state index contributed by atoms with van der Waals surface area (Å²) in [5.41, 5.74) is -0.526. The maximum atomic E-state index is 12.0. The van der Waals surface area contributed by atoms with E-state index in [0.29, 0.717) is 13.0 Å². The summed E-state index contributed by atoms with van der Waals surface area (Å²) >= 11 is 0. The average molecular weight is 242 g/mol. The third-order valence-electron chi connectivity index (χ3n) is 2.68. The number of amides is 2. The molecule has 0 aliphatic carbocycles. The van der Waals surface area contributed by atoms with Gasteiger partial charge in [0.2, 0.25) is 5.91 Å². The van der Waals surface area contributed by atoms with Crippen molar-refractivity contribution in [1.29, 1.82) is 0 Å². The van der Waals surface area contributed by atoms with Crippen LogP contribution in [0.15, 0.2) is 0 Å². The number of piperidine rings is 1. The van der Waals surface area contributed by atoms with E-state index >= 15 is 0 Å². The molecule has 98 valence electrons. The Hall–Kier alpha value is -1.26. The van der Waals surface area contributed by atoms with Crippen molar-refractivity contribution in [2.24, 2.45) is 0 Å². The topological polar surface area (TPSA) is 58.6 Å². The Labute approximate surface area is 102 Å². The molecule has 5 nitrogen and oxygen atoms in total. The highest BCUT2D eigenvalue weighted by molar-refractivity contribution is 5.85. The van der Waals surface area contributed by atoms with Gasteiger partial charge in [-0.2, -0.15) is 0 Å². The van der Waals surface area contributed by atoms with Gasteiger partial charge in [-0.05, 0) is 40.0 Å². The molecule has 17 heavy (non-hydrogen) atoms. The smallest absolute Gasteiger partial charge is 0.410 e. The summed E-state index contributed by atoms with van der Waals surface area (Å²) in [7, 11) is 1.59. The van der Waals surface area contributed by atoms with Gasteiger partial charge in [-0.3, -0.25) is 9.69 Å². The normalized spacial score (nSPS) is 20.9. The first-order valence-electron chi connectivity index (χ1n) is 6.06. The molecule has 1 aliphatic rings. The van der Waals surface area contributed by atoms with Crippen LogP contribution in [0.5, 0.6) is 0 Å². The van der Waals surface area contributed by atoms with E-state index in [0.717, 1.165) is 12.8 Å². The Kier molecular flexibility index (Phi) is 4.37. The van der Waals surface area contributed by atoms with Crippen LogP contribution in [-0.2, 0) is 9.53 Å². The van der Waals surface area contributed by atoms with Gasteiger partial charge in [0.1, 0.15) is 11.6 Å². The number of rotatable bonds is 1. The molecule has 0 aromatic rings. The molecule has 0 aromatic carbocycles. The third-order valence-corrected chi connectivity index (χ3v) is 2.68. The molecule has 0 spiro atoms. The maximum Gasteiger partial charge on any atom is 0.410 e. The van der Waals surface area contributed by atoms with Gasteiger partial charge in [-0.15, -0.1) is 0 Å². The Bertz CT molecular complexity index is 297. The molecule has 0 aromatic heterocycles. The summed E-state index contributed by atoms with van der Waals surface area (Å²) in [6, 6.07) is -0.386. The van der Waals surface area contributed by atoms with Crippen molar-refractivity contribution >= 4 is 12.0 Å². The Morgan fingerprint density at radius 2 is 1.94 bits per heavy atom. The van der Waals surface area contributed by atoms with Crippen molar-refractivity contribution in [3.8, 4) is 0 Å². The fraction of sp³-hybridized carbons (Fsp3) is 0.833. The SMILES string of the molecule is CNC(=O)C1CCCCN1C(=O)OC(C)(C)C. The maximum absolute atomic E-state index is 12.0. The molecule has 1 saturated heterocycles. The lowest BCUT2D eigenvalue weighted by Gasteiger charge is -2.35. The highest BCUT2D eigenvalue weighted by Gasteiger charge is 2.34. The second-order valence-corrected chi connectivity index (χ2v) is 5.30. The minimum absolute atomic E-state index is 0.115. The van der Waals surface area contributed by atoms with Crippen molar-refractivity contribution in [2.45, 2.75) is 51.7 Å². The van der Waals surface area contributed by atoms with Gasteiger partial charge in [0.25, 0.3) is 0 Å². The van der Waals surface area contributed by atoms with Gasteiger partial charge >= 0.3 is 6.09 Å². The Balaban J connectivity index is 2.71. The van der Waals surface area contributed by atoms with Gasteiger partial charge in [-0.1, -0.05) is 0 Å². The van der Waals surface area contributed by atoms with Gasteiger partial charge < -0.3 is 10.1 Å². The number of ether oxygens (including phenoxy) is 1. The predicted octanol–water partition coefficient (Wildman–Crippen LogP) is 1.52. The zero-order valence-electron chi connectivity index (χ0n) is 11.1. The lowest BCUT2D eigenvalue weighted by Crippen LogP contribution is -2.52. The molecule has 1 atom stereocenters. The summed E-state index contributed by atoms with van der Waals surface area (Å²) in [5, 5.41) is 2.59. The molecule has 1 N–H and O–H groups in total. The second kappa shape index (κ2) is 5.38. The number of carbonyl (C=O) groups is 2.